The molecule has 6 heteroatoms. The lowest BCUT2D eigenvalue weighted by molar-refractivity contribution is -0.137. The molecule has 1 fully saturated rings. The molecule has 1 aromatic rings. The third-order valence-electron chi connectivity index (χ3n) is 3.83. The number of benzene rings is 1. The van der Waals surface area contributed by atoms with Gasteiger partial charge in [-0.25, -0.2) is 0 Å². The Morgan fingerprint density at radius 1 is 1.26 bits per heavy atom. The summed E-state index contributed by atoms with van der Waals surface area (Å²) in [6.07, 6.45) is 1.67. The van der Waals surface area contributed by atoms with Gasteiger partial charge in [-0.05, 0) is 36.6 Å². The van der Waals surface area contributed by atoms with Gasteiger partial charge in [-0.2, -0.15) is 18.4 Å². The Morgan fingerprint density at radius 2 is 1.96 bits per heavy atom. The van der Waals surface area contributed by atoms with E-state index in [0.29, 0.717) is 0 Å². The van der Waals surface area contributed by atoms with Gasteiger partial charge in [0.15, 0.2) is 0 Å². The minimum Gasteiger partial charge on any atom is -0.349 e. The van der Waals surface area contributed by atoms with Crippen LogP contribution in [0.2, 0.25) is 0 Å². The number of carbonyl (C=O) groups is 1. The number of carbonyl (C=O) groups excluding carboxylic acids is 1. The molecule has 1 N–H and O–H groups in total. The number of hydrogen-bond donors (Lipinski definition) is 1. The number of nitrogens with zero attached hydrogens (tertiary/aromatic N) is 1. The highest BCUT2D eigenvalue weighted by atomic mass is 19.4. The van der Waals surface area contributed by atoms with Crippen LogP contribution in [0.25, 0.3) is 6.08 Å². The van der Waals surface area contributed by atoms with E-state index >= 15 is 0 Å². The van der Waals surface area contributed by atoms with Crippen molar-refractivity contribution in [1.29, 1.82) is 5.26 Å². The first-order valence-corrected chi connectivity index (χ1v) is 7.50. The van der Waals surface area contributed by atoms with Crippen LogP contribution in [0, 0.1) is 11.3 Å². The Balaban J connectivity index is 2.15. The molecule has 2 rings (SSSR count). The average Bonchev–Trinajstić information content (AvgIpc) is 2.53. The van der Waals surface area contributed by atoms with Crippen LogP contribution in [-0.2, 0) is 11.0 Å². The zero-order valence-corrected chi connectivity index (χ0v) is 12.5. The third-order valence-corrected chi connectivity index (χ3v) is 3.83. The van der Waals surface area contributed by atoms with Gasteiger partial charge < -0.3 is 5.32 Å². The van der Waals surface area contributed by atoms with Gasteiger partial charge in [-0.1, -0.05) is 31.4 Å². The molecule has 0 spiro atoms. The van der Waals surface area contributed by atoms with Crippen LogP contribution in [0.1, 0.15) is 43.2 Å². The normalized spacial score (nSPS) is 16.7. The van der Waals surface area contributed by atoms with Gasteiger partial charge in [0, 0.05) is 6.04 Å². The smallest absolute Gasteiger partial charge is 0.349 e. The minimum absolute atomic E-state index is 0.0366. The van der Waals surface area contributed by atoms with Gasteiger partial charge in [-0.15, -0.1) is 0 Å². The molecule has 0 saturated heterocycles. The maximum atomic E-state index is 12.7. The highest BCUT2D eigenvalue weighted by Gasteiger charge is 2.30. The van der Waals surface area contributed by atoms with Crippen molar-refractivity contribution in [2.45, 2.75) is 44.3 Å². The molecule has 3 nitrogen and oxygen atoms in total. The molecule has 0 heterocycles. The number of rotatable bonds is 3. The zero-order valence-electron chi connectivity index (χ0n) is 12.5. The minimum atomic E-state index is -4.46. The second kappa shape index (κ2) is 7.32. The summed E-state index contributed by atoms with van der Waals surface area (Å²) < 4.78 is 38.1. The lowest BCUT2D eigenvalue weighted by Crippen LogP contribution is -2.36. The fourth-order valence-corrected chi connectivity index (χ4v) is 2.63. The van der Waals surface area contributed by atoms with Gasteiger partial charge in [0.25, 0.3) is 5.91 Å². The molecule has 0 aromatic heterocycles. The zero-order chi connectivity index (χ0) is 16.9. The molecule has 0 unspecified atom stereocenters. The Labute approximate surface area is 132 Å². The van der Waals surface area contributed by atoms with Crippen LogP contribution in [0.3, 0.4) is 0 Å². The van der Waals surface area contributed by atoms with Crippen molar-refractivity contribution in [3.05, 3.63) is 41.0 Å². The molecule has 0 radical (unpaired) electrons. The van der Waals surface area contributed by atoms with Crippen LogP contribution in [0.5, 0.6) is 0 Å². The number of nitrogens with one attached hydrogen (secondary N) is 1. The number of hydrogen-bond acceptors (Lipinski definition) is 2. The SMILES string of the molecule is N#C/C(=C/c1cccc(C(F)(F)F)c1)C(=O)NC1CCCCC1. The molecule has 0 bridgehead atoms. The monoisotopic (exact) mass is 322 g/mol. The third kappa shape index (κ3) is 4.85. The average molecular weight is 322 g/mol. The molecule has 0 atom stereocenters. The molecular formula is C17H17F3N2O. The van der Waals surface area contributed by atoms with E-state index in [0.717, 1.165) is 44.2 Å². The molecule has 0 aliphatic heterocycles. The first kappa shape index (κ1) is 17.1. The standard InChI is InChI=1S/C17H17F3N2O/c18-17(19,20)14-6-4-5-12(10-14)9-13(11-21)16(23)22-15-7-2-1-3-8-15/h4-6,9-10,15H,1-3,7-8H2,(H,22,23)/b13-9-. The van der Waals surface area contributed by atoms with Crippen LogP contribution in [0.15, 0.2) is 29.8 Å². The van der Waals surface area contributed by atoms with Gasteiger partial charge in [0.2, 0.25) is 0 Å². The van der Waals surface area contributed by atoms with E-state index in [9.17, 15) is 18.0 Å². The summed E-state index contributed by atoms with van der Waals surface area (Å²) in [6, 6.07) is 6.36. The van der Waals surface area contributed by atoms with Crippen LogP contribution >= 0.6 is 0 Å². The van der Waals surface area contributed by atoms with Crippen molar-refractivity contribution in [3.63, 3.8) is 0 Å². The fraction of sp³-hybridized carbons (Fsp3) is 0.412. The number of amides is 1. The molecule has 122 valence electrons. The van der Waals surface area contributed by atoms with E-state index in [2.05, 4.69) is 5.32 Å². The highest BCUT2D eigenvalue weighted by molar-refractivity contribution is 6.01. The Bertz CT molecular complexity index is 638. The molecule has 1 aliphatic carbocycles. The predicted octanol–water partition coefficient (Wildman–Crippen LogP) is 4.06. The molecule has 23 heavy (non-hydrogen) atoms. The van der Waals surface area contributed by atoms with E-state index in [1.165, 1.54) is 18.2 Å². The summed E-state index contributed by atoms with van der Waals surface area (Å²) in [5, 5.41) is 11.9. The van der Waals surface area contributed by atoms with Crippen LogP contribution < -0.4 is 5.32 Å². The van der Waals surface area contributed by atoms with Crippen molar-refractivity contribution >= 4 is 12.0 Å². The van der Waals surface area contributed by atoms with Crippen LogP contribution in [0.4, 0.5) is 13.2 Å². The molecular weight excluding hydrogens is 305 g/mol. The van der Waals surface area contributed by atoms with E-state index in [-0.39, 0.29) is 17.2 Å². The second-order valence-electron chi connectivity index (χ2n) is 5.60. The largest absolute Gasteiger partial charge is 0.416 e. The van der Waals surface area contributed by atoms with Crippen molar-refractivity contribution in [3.8, 4) is 6.07 Å². The van der Waals surface area contributed by atoms with E-state index in [4.69, 9.17) is 5.26 Å². The maximum absolute atomic E-state index is 12.7. The van der Waals surface area contributed by atoms with Gasteiger partial charge in [-0.3, -0.25) is 4.79 Å². The van der Waals surface area contributed by atoms with E-state index in [1.54, 1.807) is 6.07 Å². The number of alkyl halides is 3. The second-order valence-corrected chi connectivity index (χ2v) is 5.60. The van der Waals surface area contributed by atoms with Crippen molar-refractivity contribution < 1.29 is 18.0 Å². The first-order chi connectivity index (χ1) is 10.9. The molecule has 1 aromatic carbocycles. The molecule has 1 aliphatic rings. The summed E-state index contributed by atoms with van der Waals surface area (Å²) in [5.41, 5.74) is -0.818. The fourth-order valence-electron chi connectivity index (χ4n) is 2.63. The van der Waals surface area contributed by atoms with Crippen LogP contribution in [-0.4, -0.2) is 11.9 Å². The summed E-state index contributed by atoms with van der Waals surface area (Å²) in [5.74, 6) is -0.531. The van der Waals surface area contributed by atoms with Gasteiger partial charge >= 0.3 is 6.18 Å². The summed E-state index contributed by atoms with van der Waals surface area (Å²) >= 11 is 0. The van der Waals surface area contributed by atoms with Gasteiger partial charge in [0.1, 0.15) is 11.6 Å². The first-order valence-electron chi connectivity index (χ1n) is 7.50. The summed E-state index contributed by atoms with van der Waals surface area (Å²) in [6.45, 7) is 0. The van der Waals surface area contributed by atoms with Crippen molar-refractivity contribution in [2.24, 2.45) is 0 Å². The Hall–Kier alpha value is -2.29. The molecule has 1 amide bonds. The number of halogens is 3. The lowest BCUT2D eigenvalue weighted by atomic mass is 9.95. The van der Waals surface area contributed by atoms with E-state index < -0.39 is 17.6 Å². The highest BCUT2D eigenvalue weighted by Crippen LogP contribution is 2.30. The van der Waals surface area contributed by atoms with Crippen molar-refractivity contribution in [2.75, 3.05) is 0 Å². The predicted molar refractivity (Wildman–Crippen MR) is 80.0 cm³/mol. The topological polar surface area (TPSA) is 52.9 Å². The Morgan fingerprint density at radius 3 is 2.57 bits per heavy atom. The number of nitriles is 1. The quantitative estimate of drug-likeness (QED) is 0.674. The summed E-state index contributed by atoms with van der Waals surface area (Å²) in [4.78, 5) is 12.1. The lowest BCUT2D eigenvalue weighted by Gasteiger charge is -2.22. The van der Waals surface area contributed by atoms with Crippen molar-refractivity contribution in [1.82, 2.24) is 5.32 Å². The molecule has 1 saturated carbocycles. The Kier molecular flexibility index (Phi) is 5.43. The van der Waals surface area contributed by atoms with E-state index in [1.807, 2.05) is 0 Å². The summed E-state index contributed by atoms with van der Waals surface area (Å²) in [7, 11) is 0. The maximum Gasteiger partial charge on any atom is 0.416 e. The van der Waals surface area contributed by atoms with Gasteiger partial charge in [0.05, 0.1) is 5.56 Å².